The molecule has 1 heterocycles. The Labute approximate surface area is 104 Å². The molecule has 0 saturated heterocycles. The first-order valence-corrected chi connectivity index (χ1v) is 5.66. The van der Waals surface area contributed by atoms with Crippen molar-refractivity contribution in [2.24, 2.45) is 0 Å². The Morgan fingerprint density at radius 1 is 1.39 bits per heavy atom. The van der Waals surface area contributed by atoms with E-state index in [1.807, 2.05) is 13.8 Å². The molecule has 7 heteroatoms. The Bertz CT molecular complexity index is 406. The highest BCUT2D eigenvalue weighted by Gasteiger charge is 2.34. The maximum absolute atomic E-state index is 12.7. The van der Waals surface area contributed by atoms with E-state index in [9.17, 15) is 13.2 Å². The largest absolute Gasteiger partial charge is 0.433 e. The fraction of sp³-hybridized carbons (Fsp3) is 0.636. The molecular formula is C11H17F3N4. The van der Waals surface area contributed by atoms with Crippen LogP contribution in [-0.4, -0.2) is 30.1 Å². The summed E-state index contributed by atoms with van der Waals surface area (Å²) in [7, 11) is 3.21. The minimum Gasteiger partial charge on any atom is -0.357 e. The Morgan fingerprint density at radius 3 is 2.44 bits per heavy atom. The van der Waals surface area contributed by atoms with E-state index in [0.29, 0.717) is 0 Å². The van der Waals surface area contributed by atoms with Crippen LogP contribution < -0.4 is 10.2 Å². The first-order valence-electron chi connectivity index (χ1n) is 5.66. The van der Waals surface area contributed by atoms with Crippen molar-refractivity contribution in [3.8, 4) is 0 Å². The van der Waals surface area contributed by atoms with Gasteiger partial charge in [-0.25, -0.2) is 4.98 Å². The summed E-state index contributed by atoms with van der Waals surface area (Å²) in [6, 6.07) is 1.07. The molecule has 0 bridgehead atoms. The highest BCUT2D eigenvalue weighted by molar-refractivity contribution is 5.45. The third-order valence-electron chi connectivity index (χ3n) is 2.84. The fourth-order valence-electron chi connectivity index (χ4n) is 1.37. The van der Waals surface area contributed by atoms with Gasteiger partial charge in [0.1, 0.15) is 5.82 Å². The second kappa shape index (κ2) is 5.41. The van der Waals surface area contributed by atoms with Gasteiger partial charge in [0.2, 0.25) is 5.95 Å². The lowest BCUT2D eigenvalue weighted by atomic mass is 10.2. The van der Waals surface area contributed by atoms with Crippen molar-refractivity contribution in [3.63, 3.8) is 0 Å². The van der Waals surface area contributed by atoms with Gasteiger partial charge in [0.15, 0.2) is 5.69 Å². The number of hydrogen-bond donors (Lipinski definition) is 1. The number of rotatable bonds is 4. The van der Waals surface area contributed by atoms with Gasteiger partial charge in [0.25, 0.3) is 0 Å². The quantitative estimate of drug-likeness (QED) is 0.906. The molecule has 0 spiro atoms. The Kier molecular flexibility index (Phi) is 4.37. The van der Waals surface area contributed by atoms with Crippen LogP contribution in [0, 0.1) is 0 Å². The zero-order valence-corrected chi connectivity index (χ0v) is 10.8. The molecule has 0 aliphatic rings. The van der Waals surface area contributed by atoms with Gasteiger partial charge in [-0.2, -0.15) is 18.2 Å². The van der Waals surface area contributed by atoms with Crippen molar-refractivity contribution < 1.29 is 13.2 Å². The molecule has 0 aliphatic heterocycles. The summed E-state index contributed by atoms with van der Waals surface area (Å²) in [6.07, 6.45) is -3.66. The van der Waals surface area contributed by atoms with Crippen LogP contribution in [0.2, 0.25) is 0 Å². The van der Waals surface area contributed by atoms with Crippen LogP contribution in [0.1, 0.15) is 26.0 Å². The smallest absolute Gasteiger partial charge is 0.357 e. The lowest BCUT2D eigenvalue weighted by Gasteiger charge is -2.25. The van der Waals surface area contributed by atoms with Crippen molar-refractivity contribution in [2.45, 2.75) is 32.5 Å². The summed E-state index contributed by atoms with van der Waals surface area (Å²) in [5.41, 5.74) is -0.938. The molecule has 1 unspecified atom stereocenters. The number of hydrogen-bond acceptors (Lipinski definition) is 4. The third-order valence-corrected chi connectivity index (χ3v) is 2.84. The van der Waals surface area contributed by atoms with Gasteiger partial charge < -0.3 is 10.2 Å². The van der Waals surface area contributed by atoms with Crippen LogP contribution >= 0.6 is 0 Å². The van der Waals surface area contributed by atoms with Gasteiger partial charge in [0.05, 0.1) is 0 Å². The minimum atomic E-state index is -4.47. The predicted octanol–water partition coefficient (Wildman–Crippen LogP) is 2.77. The standard InChI is InChI=1S/C11H17F3N4/c1-5-7(2)18(4)9-6-8(11(12,13)14)16-10(15-3)17-9/h6-7H,5H2,1-4H3,(H,15,16,17). The monoisotopic (exact) mass is 262 g/mol. The normalized spacial score (nSPS) is 13.3. The van der Waals surface area contributed by atoms with Crippen LogP contribution in [0.3, 0.4) is 0 Å². The van der Waals surface area contributed by atoms with Crippen LogP contribution in [-0.2, 0) is 6.18 Å². The molecule has 102 valence electrons. The SMILES string of the molecule is CCC(C)N(C)c1cc(C(F)(F)F)nc(NC)n1. The summed E-state index contributed by atoms with van der Waals surface area (Å²) in [5, 5.41) is 2.54. The first-order chi connectivity index (χ1) is 8.29. The Morgan fingerprint density at radius 2 is 2.00 bits per heavy atom. The molecule has 1 N–H and O–H groups in total. The lowest BCUT2D eigenvalue weighted by Crippen LogP contribution is -2.29. The number of alkyl halides is 3. The molecule has 1 aromatic heterocycles. The van der Waals surface area contributed by atoms with Crippen molar-refractivity contribution in [3.05, 3.63) is 11.8 Å². The average Bonchev–Trinajstić information content (AvgIpc) is 2.35. The molecule has 0 amide bonds. The fourth-order valence-corrected chi connectivity index (χ4v) is 1.37. The van der Waals surface area contributed by atoms with Gasteiger partial charge in [-0.05, 0) is 13.3 Å². The van der Waals surface area contributed by atoms with Gasteiger partial charge in [0, 0.05) is 26.2 Å². The summed E-state index contributed by atoms with van der Waals surface area (Å²) in [6.45, 7) is 3.89. The second-order valence-corrected chi connectivity index (χ2v) is 4.05. The molecule has 1 atom stereocenters. The van der Waals surface area contributed by atoms with E-state index in [1.165, 1.54) is 7.05 Å². The molecular weight excluding hydrogens is 245 g/mol. The van der Waals surface area contributed by atoms with Crippen molar-refractivity contribution in [2.75, 3.05) is 24.3 Å². The number of aromatic nitrogens is 2. The molecule has 0 aliphatic carbocycles. The topological polar surface area (TPSA) is 41.1 Å². The minimum absolute atomic E-state index is 0.0324. The zero-order chi connectivity index (χ0) is 13.9. The van der Waals surface area contributed by atoms with Crippen molar-refractivity contribution in [1.29, 1.82) is 0 Å². The summed E-state index contributed by atoms with van der Waals surface area (Å²) >= 11 is 0. The third kappa shape index (κ3) is 3.24. The first kappa shape index (κ1) is 14.5. The predicted molar refractivity (Wildman–Crippen MR) is 64.7 cm³/mol. The van der Waals surface area contributed by atoms with E-state index in [4.69, 9.17) is 0 Å². The Balaban J connectivity index is 3.20. The highest BCUT2D eigenvalue weighted by Crippen LogP contribution is 2.30. The maximum atomic E-state index is 12.7. The van der Waals surface area contributed by atoms with Gasteiger partial charge >= 0.3 is 6.18 Å². The molecule has 1 rings (SSSR count). The van der Waals surface area contributed by atoms with Gasteiger partial charge in [-0.15, -0.1) is 0 Å². The summed E-state index contributed by atoms with van der Waals surface area (Å²) in [4.78, 5) is 9.16. The van der Waals surface area contributed by atoms with Gasteiger partial charge in [-0.3, -0.25) is 0 Å². The van der Waals surface area contributed by atoms with Crippen molar-refractivity contribution in [1.82, 2.24) is 9.97 Å². The van der Waals surface area contributed by atoms with E-state index in [0.717, 1.165) is 12.5 Å². The Hall–Kier alpha value is -1.53. The van der Waals surface area contributed by atoms with Crippen molar-refractivity contribution >= 4 is 11.8 Å². The molecule has 18 heavy (non-hydrogen) atoms. The number of nitrogens with zero attached hydrogens (tertiary/aromatic N) is 3. The molecule has 0 aromatic carbocycles. The van der Waals surface area contributed by atoms with Crippen LogP contribution in [0.4, 0.5) is 24.9 Å². The van der Waals surface area contributed by atoms with E-state index >= 15 is 0 Å². The molecule has 1 aromatic rings. The van der Waals surface area contributed by atoms with E-state index in [1.54, 1.807) is 11.9 Å². The van der Waals surface area contributed by atoms with Gasteiger partial charge in [-0.1, -0.05) is 6.92 Å². The molecule has 0 saturated carbocycles. The second-order valence-electron chi connectivity index (χ2n) is 4.05. The van der Waals surface area contributed by atoms with Crippen LogP contribution in [0.15, 0.2) is 6.07 Å². The van der Waals surface area contributed by atoms with Crippen LogP contribution in [0.5, 0.6) is 0 Å². The highest BCUT2D eigenvalue weighted by atomic mass is 19.4. The van der Waals surface area contributed by atoms with E-state index in [2.05, 4.69) is 15.3 Å². The summed E-state index contributed by atoms with van der Waals surface area (Å²) < 4.78 is 38.1. The number of anilines is 2. The summed E-state index contributed by atoms with van der Waals surface area (Å²) in [5.74, 6) is 0.228. The van der Waals surface area contributed by atoms with Crippen LogP contribution in [0.25, 0.3) is 0 Å². The molecule has 0 radical (unpaired) electrons. The molecule has 0 fully saturated rings. The zero-order valence-electron chi connectivity index (χ0n) is 10.8. The molecule has 4 nitrogen and oxygen atoms in total. The lowest BCUT2D eigenvalue weighted by molar-refractivity contribution is -0.141. The average molecular weight is 262 g/mol. The number of halogens is 3. The number of nitrogens with one attached hydrogen (secondary N) is 1. The maximum Gasteiger partial charge on any atom is 0.433 e. The van der Waals surface area contributed by atoms with E-state index < -0.39 is 11.9 Å². The van der Waals surface area contributed by atoms with E-state index in [-0.39, 0.29) is 17.8 Å².